The van der Waals surface area contributed by atoms with E-state index in [1.807, 2.05) is 0 Å². The van der Waals surface area contributed by atoms with E-state index in [0.717, 1.165) is 17.7 Å². The Bertz CT molecular complexity index is 271. The lowest BCUT2D eigenvalue weighted by Gasteiger charge is -2.46. The monoisotopic (exact) mass is 284 g/mol. The minimum Gasteiger partial charge on any atom is -0.329 e. The van der Waals surface area contributed by atoms with E-state index in [1.165, 1.54) is 63.8 Å². The number of nitrogens with two attached hydrogens (primary N) is 1. The van der Waals surface area contributed by atoms with E-state index in [0.29, 0.717) is 5.54 Å². The summed E-state index contributed by atoms with van der Waals surface area (Å²) in [6.45, 7) is 8.07. The molecule has 2 rings (SSSR count). The van der Waals surface area contributed by atoms with E-state index in [-0.39, 0.29) is 0 Å². The normalized spacial score (nSPS) is 38.1. The van der Waals surface area contributed by atoms with Crippen LogP contribution in [0.5, 0.6) is 0 Å². The topological polar surface area (TPSA) is 29.3 Å². The highest BCUT2D eigenvalue weighted by Gasteiger charge is 2.38. The number of nitrogens with zero attached hydrogens (tertiary/aromatic N) is 1. The quantitative estimate of drug-likeness (QED) is 0.801. The first-order valence-electron chi connectivity index (χ1n) is 8.27. The molecule has 112 valence electrons. The van der Waals surface area contributed by atoms with Crippen molar-refractivity contribution < 1.29 is 0 Å². The molecular weight excluding hydrogens is 252 g/mol. The van der Waals surface area contributed by atoms with Crippen LogP contribution in [-0.2, 0) is 0 Å². The fraction of sp³-hybridized carbons (Fsp3) is 1.00. The molecule has 0 aromatic heterocycles. The third kappa shape index (κ3) is 3.89. The van der Waals surface area contributed by atoms with Crippen molar-refractivity contribution in [2.75, 3.05) is 25.4 Å². The van der Waals surface area contributed by atoms with Crippen LogP contribution in [0, 0.1) is 5.92 Å². The van der Waals surface area contributed by atoms with Gasteiger partial charge in [-0.05, 0) is 25.2 Å². The number of thioether (sulfide) groups is 1. The maximum absolute atomic E-state index is 6.25. The maximum atomic E-state index is 6.25. The number of hydrogen-bond donors (Lipinski definition) is 1. The van der Waals surface area contributed by atoms with Crippen molar-refractivity contribution in [2.45, 2.75) is 69.6 Å². The van der Waals surface area contributed by atoms with Crippen LogP contribution in [0.3, 0.4) is 0 Å². The molecule has 3 unspecified atom stereocenters. The van der Waals surface area contributed by atoms with Gasteiger partial charge >= 0.3 is 0 Å². The van der Waals surface area contributed by atoms with Gasteiger partial charge in [0.25, 0.3) is 0 Å². The average molecular weight is 285 g/mol. The van der Waals surface area contributed by atoms with Gasteiger partial charge < -0.3 is 5.73 Å². The van der Waals surface area contributed by atoms with Crippen LogP contribution in [0.25, 0.3) is 0 Å². The second-order valence-corrected chi connectivity index (χ2v) is 8.19. The minimum atomic E-state index is 0.331. The molecule has 0 spiro atoms. The predicted octanol–water partition coefficient (Wildman–Crippen LogP) is 3.50. The lowest BCUT2D eigenvalue weighted by atomic mass is 9.87. The first kappa shape index (κ1) is 15.7. The Hall–Kier alpha value is 0.270. The van der Waals surface area contributed by atoms with Crippen molar-refractivity contribution in [1.82, 2.24) is 4.90 Å². The van der Waals surface area contributed by atoms with Gasteiger partial charge in [0.1, 0.15) is 0 Å². The van der Waals surface area contributed by atoms with E-state index in [1.54, 1.807) is 0 Å². The highest BCUT2D eigenvalue weighted by molar-refractivity contribution is 7.99. The van der Waals surface area contributed by atoms with Crippen molar-refractivity contribution >= 4 is 11.8 Å². The first-order chi connectivity index (χ1) is 9.20. The van der Waals surface area contributed by atoms with Crippen molar-refractivity contribution in [2.24, 2.45) is 11.7 Å². The van der Waals surface area contributed by atoms with Gasteiger partial charge in [-0.25, -0.2) is 0 Å². The van der Waals surface area contributed by atoms with Crippen molar-refractivity contribution in [3.63, 3.8) is 0 Å². The SMILES string of the molecule is CCCC1CCCC(CN)(N2CCSC(C)C2)CC1. The summed E-state index contributed by atoms with van der Waals surface area (Å²) in [6, 6.07) is 0. The van der Waals surface area contributed by atoms with Gasteiger partial charge in [0, 0.05) is 36.2 Å². The molecule has 1 saturated heterocycles. The van der Waals surface area contributed by atoms with E-state index in [9.17, 15) is 0 Å². The second kappa shape index (κ2) is 7.33. The number of rotatable bonds is 4. The van der Waals surface area contributed by atoms with Crippen molar-refractivity contribution in [3.8, 4) is 0 Å². The van der Waals surface area contributed by atoms with E-state index in [2.05, 4.69) is 30.5 Å². The molecule has 2 aliphatic rings. The Kier molecular flexibility index (Phi) is 6.04. The van der Waals surface area contributed by atoms with Crippen LogP contribution in [0.4, 0.5) is 0 Å². The molecule has 0 amide bonds. The summed E-state index contributed by atoms with van der Waals surface area (Å²) in [4.78, 5) is 2.75. The molecule has 1 aliphatic carbocycles. The predicted molar refractivity (Wildman–Crippen MR) is 86.8 cm³/mol. The molecule has 0 radical (unpaired) electrons. The second-order valence-electron chi connectivity index (χ2n) is 6.64. The highest BCUT2D eigenvalue weighted by Crippen LogP contribution is 2.37. The Balaban J connectivity index is 2.00. The summed E-state index contributed by atoms with van der Waals surface area (Å²) in [5.41, 5.74) is 6.59. The van der Waals surface area contributed by atoms with Crippen LogP contribution >= 0.6 is 11.8 Å². The minimum absolute atomic E-state index is 0.331. The van der Waals surface area contributed by atoms with Crippen molar-refractivity contribution in [3.05, 3.63) is 0 Å². The summed E-state index contributed by atoms with van der Waals surface area (Å²) in [7, 11) is 0. The molecular formula is C16H32N2S. The zero-order chi connectivity index (χ0) is 13.7. The lowest BCUT2D eigenvalue weighted by Crippen LogP contribution is -2.57. The van der Waals surface area contributed by atoms with Gasteiger partial charge in [-0.2, -0.15) is 11.8 Å². The lowest BCUT2D eigenvalue weighted by molar-refractivity contribution is 0.0815. The molecule has 19 heavy (non-hydrogen) atoms. The molecule has 1 saturated carbocycles. The molecule has 3 atom stereocenters. The van der Waals surface area contributed by atoms with Gasteiger partial charge in [0.15, 0.2) is 0 Å². The van der Waals surface area contributed by atoms with Crippen LogP contribution in [-0.4, -0.2) is 41.1 Å². The van der Waals surface area contributed by atoms with Crippen LogP contribution in [0.15, 0.2) is 0 Å². The molecule has 0 aromatic rings. The largest absolute Gasteiger partial charge is 0.329 e. The molecule has 2 fully saturated rings. The fourth-order valence-corrected chi connectivity index (χ4v) is 5.07. The Morgan fingerprint density at radius 2 is 2.16 bits per heavy atom. The molecule has 0 bridgehead atoms. The molecule has 0 aromatic carbocycles. The van der Waals surface area contributed by atoms with Crippen molar-refractivity contribution in [1.29, 1.82) is 0 Å². The molecule has 3 heteroatoms. The number of hydrogen-bond acceptors (Lipinski definition) is 3. The van der Waals surface area contributed by atoms with Gasteiger partial charge in [-0.15, -0.1) is 0 Å². The fourth-order valence-electron chi connectivity index (χ4n) is 4.06. The zero-order valence-electron chi connectivity index (χ0n) is 12.9. The maximum Gasteiger partial charge on any atom is 0.0332 e. The molecule has 1 heterocycles. The Morgan fingerprint density at radius 3 is 2.84 bits per heavy atom. The third-order valence-corrected chi connectivity index (χ3v) is 6.40. The molecule has 1 aliphatic heterocycles. The standard InChI is InChI=1S/C16H32N2S/c1-3-5-15-6-4-8-16(13-17,9-7-15)18-10-11-19-14(2)12-18/h14-15H,3-13,17H2,1-2H3. The summed E-state index contributed by atoms with van der Waals surface area (Å²) in [5.74, 6) is 2.26. The van der Waals surface area contributed by atoms with E-state index >= 15 is 0 Å². The average Bonchev–Trinajstić information content (AvgIpc) is 2.63. The summed E-state index contributed by atoms with van der Waals surface area (Å²) < 4.78 is 0. The Morgan fingerprint density at radius 1 is 1.32 bits per heavy atom. The van der Waals surface area contributed by atoms with Gasteiger partial charge in [-0.1, -0.05) is 39.5 Å². The van der Waals surface area contributed by atoms with Crippen LogP contribution in [0.2, 0.25) is 0 Å². The summed E-state index contributed by atoms with van der Waals surface area (Å²) in [6.07, 6.45) is 9.67. The van der Waals surface area contributed by atoms with Gasteiger partial charge in [0.2, 0.25) is 0 Å². The van der Waals surface area contributed by atoms with Gasteiger partial charge in [0.05, 0.1) is 0 Å². The Labute approximate surface area is 123 Å². The summed E-state index contributed by atoms with van der Waals surface area (Å²) >= 11 is 2.13. The first-order valence-corrected chi connectivity index (χ1v) is 9.32. The summed E-state index contributed by atoms with van der Waals surface area (Å²) in [5, 5.41) is 0.784. The molecule has 2 nitrogen and oxygen atoms in total. The van der Waals surface area contributed by atoms with Crippen LogP contribution < -0.4 is 5.73 Å². The molecule has 2 N–H and O–H groups in total. The van der Waals surface area contributed by atoms with E-state index < -0.39 is 0 Å². The smallest absolute Gasteiger partial charge is 0.0332 e. The zero-order valence-corrected chi connectivity index (χ0v) is 13.7. The third-order valence-electron chi connectivity index (χ3n) is 5.26. The van der Waals surface area contributed by atoms with E-state index in [4.69, 9.17) is 5.73 Å². The van der Waals surface area contributed by atoms with Crippen LogP contribution in [0.1, 0.15) is 58.8 Å². The highest BCUT2D eigenvalue weighted by atomic mass is 32.2. The van der Waals surface area contributed by atoms with Gasteiger partial charge in [-0.3, -0.25) is 4.90 Å².